The summed E-state index contributed by atoms with van der Waals surface area (Å²) in [6.45, 7) is 0. The van der Waals surface area contributed by atoms with E-state index in [0.717, 1.165) is 18.2 Å². The first kappa shape index (κ1) is 11.4. The minimum Gasteiger partial charge on any atom is -0.372 e. The fraction of sp³-hybridized carbons (Fsp3) is 0. The maximum absolute atomic E-state index is 10.5. The third kappa shape index (κ3) is 2.41. The van der Waals surface area contributed by atoms with Gasteiger partial charge >= 0.3 is 5.69 Å². The molecule has 1 aromatic rings. The number of hydrogen-bond donors (Lipinski definition) is 1. The molecular formula is C7H5N3O6. The maximum Gasteiger partial charge on any atom is 0.321 e. The number of benzene rings is 1. The molecule has 0 aromatic heterocycles. The van der Waals surface area contributed by atoms with Crippen molar-refractivity contribution in [1.29, 1.82) is 0 Å². The average molecular weight is 227 g/mol. The van der Waals surface area contributed by atoms with E-state index in [9.17, 15) is 25.0 Å². The number of non-ortho nitro benzene ring substituents is 1. The third-order valence-electron chi connectivity index (χ3n) is 1.57. The van der Waals surface area contributed by atoms with Gasteiger partial charge in [-0.1, -0.05) is 0 Å². The van der Waals surface area contributed by atoms with Crippen molar-refractivity contribution in [3.63, 3.8) is 0 Å². The van der Waals surface area contributed by atoms with E-state index in [0.29, 0.717) is 0 Å². The van der Waals surface area contributed by atoms with Crippen LogP contribution in [0.4, 0.5) is 11.4 Å². The quantitative estimate of drug-likeness (QED) is 0.444. The molecule has 0 bridgehead atoms. The number of nitrogens with one attached hydrogen (secondary N) is 1. The fourth-order valence-electron chi connectivity index (χ4n) is 0.936. The van der Waals surface area contributed by atoms with Crippen LogP contribution in [0.15, 0.2) is 18.2 Å². The molecule has 1 amide bonds. The number of nitro benzene ring substituents is 2. The molecule has 0 aliphatic rings. The molecule has 84 valence electrons. The zero-order valence-corrected chi connectivity index (χ0v) is 7.65. The van der Waals surface area contributed by atoms with Gasteiger partial charge in [0.15, 0.2) is 0 Å². The standard InChI is InChI=1S/C7H5N3O6/c11-4-8-16-7-2-1-5(9(12)13)3-6(7)10(14)15/h1-4H,(H,8,11). The lowest BCUT2D eigenvalue weighted by Gasteiger charge is -2.02. The predicted molar refractivity (Wildman–Crippen MR) is 49.6 cm³/mol. The largest absolute Gasteiger partial charge is 0.372 e. The van der Waals surface area contributed by atoms with E-state index in [1.807, 2.05) is 0 Å². The van der Waals surface area contributed by atoms with E-state index < -0.39 is 21.2 Å². The summed E-state index contributed by atoms with van der Waals surface area (Å²) < 4.78 is 0. The Bertz CT molecular complexity index is 446. The van der Waals surface area contributed by atoms with Gasteiger partial charge in [-0.2, -0.15) is 5.48 Å². The Labute approximate surface area is 87.9 Å². The molecule has 0 aliphatic heterocycles. The first-order valence-electron chi connectivity index (χ1n) is 3.85. The minimum atomic E-state index is -0.852. The topological polar surface area (TPSA) is 125 Å². The molecule has 0 atom stereocenters. The van der Waals surface area contributed by atoms with E-state index in [1.54, 1.807) is 5.48 Å². The normalized spacial score (nSPS) is 9.25. The number of hydroxylamine groups is 1. The van der Waals surface area contributed by atoms with Crippen LogP contribution in [-0.4, -0.2) is 16.3 Å². The minimum absolute atomic E-state index is 0.172. The molecule has 0 heterocycles. The average Bonchev–Trinajstić information content (AvgIpc) is 2.25. The van der Waals surface area contributed by atoms with E-state index in [2.05, 4.69) is 4.84 Å². The van der Waals surface area contributed by atoms with E-state index in [4.69, 9.17) is 0 Å². The van der Waals surface area contributed by atoms with Gasteiger partial charge in [-0.3, -0.25) is 25.0 Å². The highest BCUT2D eigenvalue weighted by Gasteiger charge is 2.20. The molecule has 0 saturated carbocycles. The maximum atomic E-state index is 10.5. The van der Waals surface area contributed by atoms with Crippen LogP contribution >= 0.6 is 0 Å². The lowest BCUT2D eigenvalue weighted by atomic mass is 10.2. The zero-order valence-electron chi connectivity index (χ0n) is 7.65. The SMILES string of the molecule is O=CNOc1ccc([N+](=O)[O-])cc1[N+](=O)[O-]. The Hall–Kier alpha value is -2.71. The van der Waals surface area contributed by atoms with Gasteiger partial charge in [0.05, 0.1) is 15.9 Å². The van der Waals surface area contributed by atoms with Crippen molar-refractivity contribution in [2.45, 2.75) is 0 Å². The molecule has 0 fully saturated rings. The van der Waals surface area contributed by atoms with Gasteiger partial charge in [0.2, 0.25) is 12.2 Å². The lowest BCUT2D eigenvalue weighted by molar-refractivity contribution is -0.394. The van der Waals surface area contributed by atoms with E-state index in [1.165, 1.54) is 0 Å². The van der Waals surface area contributed by atoms with Crippen LogP contribution in [0.25, 0.3) is 0 Å². The first-order chi connectivity index (χ1) is 7.56. The summed E-state index contributed by atoms with van der Waals surface area (Å²) in [5, 5.41) is 20.9. The van der Waals surface area contributed by atoms with Crippen LogP contribution in [0.2, 0.25) is 0 Å². The summed E-state index contributed by atoms with van der Waals surface area (Å²) in [7, 11) is 0. The monoisotopic (exact) mass is 227 g/mol. The molecule has 9 nitrogen and oxygen atoms in total. The summed E-state index contributed by atoms with van der Waals surface area (Å²) in [5.74, 6) is -0.289. The molecule has 16 heavy (non-hydrogen) atoms. The van der Waals surface area contributed by atoms with Crippen LogP contribution in [0.1, 0.15) is 0 Å². The second-order valence-electron chi connectivity index (χ2n) is 2.50. The summed E-state index contributed by atoms with van der Waals surface area (Å²) in [5.41, 5.74) is 0.706. The van der Waals surface area contributed by atoms with Gasteiger partial charge in [-0.05, 0) is 6.07 Å². The van der Waals surface area contributed by atoms with Crippen molar-refractivity contribution in [2.75, 3.05) is 0 Å². The van der Waals surface area contributed by atoms with E-state index >= 15 is 0 Å². The molecule has 1 N–H and O–H groups in total. The molecule has 0 saturated heterocycles. The highest BCUT2D eigenvalue weighted by Crippen LogP contribution is 2.30. The molecule has 1 rings (SSSR count). The Balaban J connectivity index is 3.13. The van der Waals surface area contributed by atoms with Gasteiger partial charge in [0, 0.05) is 6.07 Å². The van der Waals surface area contributed by atoms with Gasteiger partial charge in [-0.15, -0.1) is 0 Å². The number of rotatable bonds is 5. The van der Waals surface area contributed by atoms with Crippen molar-refractivity contribution >= 4 is 17.8 Å². The van der Waals surface area contributed by atoms with Crippen LogP contribution in [0.3, 0.4) is 0 Å². The van der Waals surface area contributed by atoms with Crippen LogP contribution in [0.5, 0.6) is 5.75 Å². The molecular weight excluding hydrogens is 222 g/mol. The summed E-state index contributed by atoms with van der Waals surface area (Å²) in [4.78, 5) is 33.7. The summed E-state index contributed by atoms with van der Waals surface area (Å²) >= 11 is 0. The number of amides is 1. The van der Waals surface area contributed by atoms with Crippen LogP contribution in [0, 0.1) is 20.2 Å². The van der Waals surface area contributed by atoms with Crippen molar-refractivity contribution < 1.29 is 19.5 Å². The number of carbonyl (C=O) groups is 1. The highest BCUT2D eigenvalue weighted by molar-refractivity contribution is 5.54. The number of nitrogens with zero attached hydrogens (tertiary/aromatic N) is 2. The Morgan fingerprint density at radius 1 is 1.25 bits per heavy atom. The lowest BCUT2D eigenvalue weighted by Crippen LogP contribution is -2.16. The zero-order chi connectivity index (χ0) is 12.1. The molecule has 1 aromatic carbocycles. The Kier molecular flexibility index (Phi) is 3.33. The second kappa shape index (κ2) is 4.68. The van der Waals surface area contributed by atoms with Crippen molar-refractivity contribution in [3.8, 4) is 5.75 Å². The molecule has 0 radical (unpaired) electrons. The molecule has 9 heteroatoms. The van der Waals surface area contributed by atoms with Crippen molar-refractivity contribution in [1.82, 2.24) is 5.48 Å². The number of hydrogen-bond acceptors (Lipinski definition) is 6. The fourth-order valence-corrected chi connectivity index (χ4v) is 0.936. The van der Waals surface area contributed by atoms with Gasteiger partial charge in [0.25, 0.3) is 5.69 Å². The van der Waals surface area contributed by atoms with Crippen molar-refractivity contribution in [2.24, 2.45) is 0 Å². The highest BCUT2D eigenvalue weighted by atomic mass is 16.7. The molecule has 0 spiro atoms. The summed E-state index contributed by atoms with van der Waals surface area (Å²) in [6, 6.07) is 2.78. The number of nitro groups is 2. The van der Waals surface area contributed by atoms with Crippen molar-refractivity contribution in [3.05, 3.63) is 38.4 Å². The molecule has 0 unspecified atom stereocenters. The number of carbonyl (C=O) groups excluding carboxylic acids is 1. The van der Waals surface area contributed by atoms with Gasteiger partial charge in [0.1, 0.15) is 0 Å². The molecule has 0 aliphatic carbocycles. The van der Waals surface area contributed by atoms with E-state index in [-0.39, 0.29) is 12.2 Å². The summed E-state index contributed by atoms with van der Waals surface area (Å²) in [6.07, 6.45) is 0.172. The first-order valence-corrected chi connectivity index (χ1v) is 3.85. The van der Waals surface area contributed by atoms with Gasteiger partial charge in [-0.25, -0.2) is 0 Å². The second-order valence-corrected chi connectivity index (χ2v) is 2.50. The smallest absolute Gasteiger partial charge is 0.321 e. The van der Waals surface area contributed by atoms with Crippen LogP contribution in [-0.2, 0) is 4.79 Å². The van der Waals surface area contributed by atoms with Crippen LogP contribution < -0.4 is 10.3 Å². The predicted octanol–water partition coefficient (Wildman–Crippen LogP) is 0.543. The Morgan fingerprint density at radius 2 is 1.94 bits per heavy atom. The third-order valence-corrected chi connectivity index (χ3v) is 1.57. The van der Waals surface area contributed by atoms with Gasteiger partial charge < -0.3 is 4.84 Å². The Morgan fingerprint density at radius 3 is 2.44 bits per heavy atom.